The van der Waals surface area contributed by atoms with Crippen molar-refractivity contribution in [3.8, 4) is 0 Å². The van der Waals surface area contributed by atoms with Crippen LogP contribution in [0.4, 0.5) is 0 Å². The zero-order valence-corrected chi connectivity index (χ0v) is 11.1. The molecule has 1 aromatic rings. The molecule has 0 saturated carbocycles. The maximum atomic E-state index is 11.8. The molecule has 0 aliphatic rings. The first-order valence-electron chi connectivity index (χ1n) is 5.98. The van der Waals surface area contributed by atoms with Gasteiger partial charge in [0.15, 0.2) is 0 Å². The molecule has 0 atom stereocenters. The monoisotopic (exact) mass is 234 g/mol. The van der Waals surface area contributed by atoms with Crippen LogP contribution in [0.1, 0.15) is 25.0 Å². The highest BCUT2D eigenvalue weighted by atomic mass is 16.2. The van der Waals surface area contributed by atoms with Crippen LogP contribution in [0, 0.1) is 6.92 Å². The van der Waals surface area contributed by atoms with Crippen molar-refractivity contribution in [2.75, 3.05) is 13.6 Å². The Morgan fingerprint density at radius 1 is 1.35 bits per heavy atom. The number of hydrogen-bond donors (Lipinski definition) is 2. The standard InChI is InChI=1S/C14H22N2O/c1-11-6-5-7-12(10-11)8-9-16-13(17)14(2,3)15-4/h5-7,10,15H,8-9H2,1-4H3,(H,16,17). The number of nitrogens with one attached hydrogen (secondary N) is 2. The van der Waals surface area contributed by atoms with E-state index in [1.165, 1.54) is 11.1 Å². The van der Waals surface area contributed by atoms with E-state index in [1.807, 2.05) is 19.9 Å². The van der Waals surface area contributed by atoms with Crippen molar-refractivity contribution in [3.05, 3.63) is 35.4 Å². The number of carbonyl (C=O) groups is 1. The lowest BCUT2D eigenvalue weighted by atomic mass is 10.0. The Kier molecular flexibility index (Phi) is 4.70. The van der Waals surface area contributed by atoms with Gasteiger partial charge in [0.2, 0.25) is 5.91 Å². The SMILES string of the molecule is CNC(C)(C)C(=O)NCCc1cccc(C)c1. The maximum Gasteiger partial charge on any atom is 0.239 e. The summed E-state index contributed by atoms with van der Waals surface area (Å²) in [5.41, 5.74) is 2.00. The van der Waals surface area contributed by atoms with Crippen LogP contribution in [-0.2, 0) is 11.2 Å². The van der Waals surface area contributed by atoms with Crippen LogP contribution in [0.15, 0.2) is 24.3 Å². The molecular formula is C14H22N2O. The van der Waals surface area contributed by atoms with E-state index in [4.69, 9.17) is 0 Å². The van der Waals surface area contributed by atoms with Crippen LogP contribution in [0.5, 0.6) is 0 Å². The van der Waals surface area contributed by atoms with Crippen LogP contribution >= 0.6 is 0 Å². The fourth-order valence-corrected chi connectivity index (χ4v) is 1.52. The molecule has 1 rings (SSSR count). The molecule has 0 bridgehead atoms. The molecule has 17 heavy (non-hydrogen) atoms. The topological polar surface area (TPSA) is 41.1 Å². The van der Waals surface area contributed by atoms with Gasteiger partial charge in [0.1, 0.15) is 0 Å². The molecule has 2 N–H and O–H groups in total. The molecule has 0 saturated heterocycles. The zero-order valence-electron chi connectivity index (χ0n) is 11.1. The number of aryl methyl sites for hydroxylation is 1. The molecule has 3 heteroatoms. The van der Waals surface area contributed by atoms with E-state index in [2.05, 4.69) is 35.8 Å². The molecule has 1 amide bonds. The number of amides is 1. The molecule has 0 heterocycles. The Bertz CT molecular complexity index is 386. The zero-order chi connectivity index (χ0) is 12.9. The Hall–Kier alpha value is -1.35. The summed E-state index contributed by atoms with van der Waals surface area (Å²) < 4.78 is 0. The number of benzene rings is 1. The summed E-state index contributed by atoms with van der Waals surface area (Å²) in [4.78, 5) is 11.8. The summed E-state index contributed by atoms with van der Waals surface area (Å²) in [5, 5.41) is 5.93. The highest BCUT2D eigenvalue weighted by Gasteiger charge is 2.24. The van der Waals surface area contributed by atoms with Crippen molar-refractivity contribution in [2.45, 2.75) is 32.7 Å². The minimum Gasteiger partial charge on any atom is -0.354 e. The molecule has 0 unspecified atom stereocenters. The first-order chi connectivity index (χ1) is 7.95. The third-order valence-electron chi connectivity index (χ3n) is 2.97. The third-order valence-corrected chi connectivity index (χ3v) is 2.97. The van der Waals surface area contributed by atoms with Gasteiger partial charge >= 0.3 is 0 Å². The second kappa shape index (κ2) is 5.82. The van der Waals surface area contributed by atoms with Crippen molar-refractivity contribution in [1.82, 2.24) is 10.6 Å². The van der Waals surface area contributed by atoms with Crippen molar-refractivity contribution in [2.24, 2.45) is 0 Å². The number of hydrogen-bond acceptors (Lipinski definition) is 2. The van der Waals surface area contributed by atoms with Gasteiger partial charge < -0.3 is 10.6 Å². The van der Waals surface area contributed by atoms with E-state index >= 15 is 0 Å². The number of rotatable bonds is 5. The molecule has 0 radical (unpaired) electrons. The Morgan fingerprint density at radius 3 is 2.65 bits per heavy atom. The Balaban J connectivity index is 2.41. The summed E-state index contributed by atoms with van der Waals surface area (Å²) in [6.07, 6.45) is 0.868. The number of likely N-dealkylation sites (N-methyl/N-ethyl adjacent to an activating group) is 1. The van der Waals surface area contributed by atoms with Crippen LogP contribution in [-0.4, -0.2) is 25.0 Å². The summed E-state index contributed by atoms with van der Waals surface area (Å²) in [7, 11) is 1.79. The van der Waals surface area contributed by atoms with Gasteiger partial charge in [-0.25, -0.2) is 0 Å². The van der Waals surface area contributed by atoms with Gasteiger partial charge in [-0.05, 0) is 39.8 Å². The van der Waals surface area contributed by atoms with Crippen molar-refractivity contribution in [3.63, 3.8) is 0 Å². The van der Waals surface area contributed by atoms with Crippen molar-refractivity contribution in [1.29, 1.82) is 0 Å². The highest BCUT2D eigenvalue weighted by Crippen LogP contribution is 2.05. The second-order valence-electron chi connectivity index (χ2n) is 4.87. The molecule has 0 spiro atoms. The first kappa shape index (κ1) is 13.7. The minimum atomic E-state index is -0.507. The molecule has 94 valence electrons. The van der Waals surface area contributed by atoms with Crippen molar-refractivity contribution >= 4 is 5.91 Å². The molecule has 1 aromatic carbocycles. The van der Waals surface area contributed by atoms with Gasteiger partial charge in [0, 0.05) is 6.54 Å². The van der Waals surface area contributed by atoms with E-state index in [0.717, 1.165) is 6.42 Å². The fraction of sp³-hybridized carbons (Fsp3) is 0.500. The van der Waals surface area contributed by atoms with E-state index in [0.29, 0.717) is 6.54 Å². The highest BCUT2D eigenvalue weighted by molar-refractivity contribution is 5.85. The van der Waals surface area contributed by atoms with Crippen LogP contribution in [0.2, 0.25) is 0 Å². The van der Waals surface area contributed by atoms with E-state index < -0.39 is 5.54 Å². The normalized spacial score (nSPS) is 11.3. The fourth-order valence-electron chi connectivity index (χ4n) is 1.52. The van der Waals surface area contributed by atoms with Gasteiger partial charge in [-0.3, -0.25) is 4.79 Å². The van der Waals surface area contributed by atoms with Gasteiger partial charge in [-0.1, -0.05) is 29.8 Å². The van der Waals surface area contributed by atoms with E-state index in [1.54, 1.807) is 7.05 Å². The average molecular weight is 234 g/mol. The molecule has 0 aliphatic carbocycles. The molecule has 3 nitrogen and oxygen atoms in total. The van der Waals surface area contributed by atoms with E-state index in [9.17, 15) is 4.79 Å². The first-order valence-corrected chi connectivity index (χ1v) is 5.98. The predicted molar refractivity (Wildman–Crippen MR) is 71.0 cm³/mol. The Labute approximate surface area is 104 Å². The molecule has 0 fully saturated rings. The molecular weight excluding hydrogens is 212 g/mol. The lowest BCUT2D eigenvalue weighted by molar-refractivity contribution is -0.126. The quantitative estimate of drug-likeness (QED) is 0.813. The smallest absolute Gasteiger partial charge is 0.239 e. The van der Waals surface area contributed by atoms with Crippen LogP contribution < -0.4 is 10.6 Å². The lowest BCUT2D eigenvalue weighted by Crippen LogP contribution is -2.51. The summed E-state index contributed by atoms with van der Waals surface area (Å²) >= 11 is 0. The second-order valence-corrected chi connectivity index (χ2v) is 4.87. The lowest BCUT2D eigenvalue weighted by Gasteiger charge is -2.22. The van der Waals surface area contributed by atoms with E-state index in [-0.39, 0.29) is 5.91 Å². The predicted octanol–water partition coefficient (Wildman–Crippen LogP) is 1.65. The summed E-state index contributed by atoms with van der Waals surface area (Å²) in [6, 6.07) is 8.36. The average Bonchev–Trinajstić information content (AvgIpc) is 2.29. The summed E-state index contributed by atoms with van der Waals surface area (Å²) in [5.74, 6) is 0.0349. The summed E-state index contributed by atoms with van der Waals surface area (Å²) in [6.45, 7) is 6.49. The largest absolute Gasteiger partial charge is 0.354 e. The van der Waals surface area contributed by atoms with Gasteiger partial charge in [0.25, 0.3) is 0 Å². The van der Waals surface area contributed by atoms with Crippen molar-refractivity contribution < 1.29 is 4.79 Å². The van der Waals surface area contributed by atoms with Crippen LogP contribution in [0.3, 0.4) is 0 Å². The molecule has 0 aromatic heterocycles. The maximum absolute atomic E-state index is 11.8. The van der Waals surface area contributed by atoms with Gasteiger partial charge in [-0.2, -0.15) is 0 Å². The van der Waals surface area contributed by atoms with Gasteiger partial charge in [-0.15, -0.1) is 0 Å². The Morgan fingerprint density at radius 2 is 2.06 bits per heavy atom. The van der Waals surface area contributed by atoms with Crippen LogP contribution in [0.25, 0.3) is 0 Å². The molecule has 0 aliphatic heterocycles. The minimum absolute atomic E-state index is 0.0349. The van der Waals surface area contributed by atoms with Gasteiger partial charge in [0.05, 0.1) is 5.54 Å². The third kappa shape index (κ3) is 4.19. The number of carbonyl (C=O) groups excluding carboxylic acids is 1.